The molecule has 1 aliphatic heterocycles. The molecule has 2 unspecified atom stereocenters. The van der Waals surface area contributed by atoms with Crippen molar-refractivity contribution in [2.75, 3.05) is 33.4 Å². The van der Waals surface area contributed by atoms with E-state index in [1.165, 1.54) is 18.9 Å². The molecule has 0 saturated carbocycles. The van der Waals surface area contributed by atoms with Crippen LogP contribution in [0.5, 0.6) is 11.5 Å². The van der Waals surface area contributed by atoms with Crippen molar-refractivity contribution in [1.82, 2.24) is 10.2 Å². The highest BCUT2D eigenvalue weighted by Crippen LogP contribution is 2.31. The number of ether oxygens (including phenoxy) is 1. The summed E-state index contributed by atoms with van der Waals surface area (Å²) in [6.45, 7) is 5.49. The van der Waals surface area contributed by atoms with Crippen LogP contribution in [0.15, 0.2) is 18.2 Å². The van der Waals surface area contributed by atoms with E-state index in [-0.39, 0.29) is 17.5 Å². The molecule has 1 aliphatic rings. The van der Waals surface area contributed by atoms with Gasteiger partial charge in [0.25, 0.3) is 0 Å². The minimum Gasteiger partial charge on any atom is -0.508 e. The van der Waals surface area contributed by atoms with E-state index in [2.05, 4.69) is 17.1 Å². The zero-order valence-electron chi connectivity index (χ0n) is 12.9. The van der Waals surface area contributed by atoms with Gasteiger partial charge in [-0.25, -0.2) is 0 Å². The number of aromatic hydroxyl groups is 2. The Morgan fingerprint density at radius 1 is 1.43 bits per heavy atom. The maximum Gasteiger partial charge on any atom is 0.120 e. The van der Waals surface area contributed by atoms with Gasteiger partial charge in [0.15, 0.2) is 0 Å². The van der Waals surface area contributed by atoms with E-state index < -0.39 is 0 Å². The molecule has 1 saturated heterocycles. The number of phenolic OH excluding ortho intramolecular Hbond substituents is 2. The number of nitrogens with zero attached hydrogens (tertiary/aromatic N) is 1. The predicted octanol–water partition coefficient (Wildman–Crippen LogP) is 1.86. The monoisotopic (exact) mass is 294 g/mol. The third-order valence-electron chi connectivity index (χ3n) is 4.21. The van der Waals surface area contributed by atoms with Crippen LogP contribution in [0, 0.1) is 0 Å². The smallest absolute Gasteiger partial charge is 0.120 e. The first-order chi connectivity index (χ1) is 10.1. The van der Waals surface area contributed by atoms with Crippen LogP contribution in [0.4, 0.5) is 0 Å². The summed E-state index contributed by atoms with van der Waals surface area (Å²) in [6, 6.07) is 5.20. The van der Waals surface area contributed by atoms with Crippen LogP contribution in [0.25, 0.3) is 0 Å². The predicted molar refractivity (Wildman–Crippen MR) is 82.7 cm³/mol. The number of rotatable bonds is 7. The second kappa shape index (κ2) is 7.64. The van der Waals surface area contributed by atoms with E-state index in [4.69, 9.17) is 4.74 Å². The molecule has 2 rings (SSSR count). The summed E-state index contributed by atoms with van der Waals surface area (Å²) in [4.78, 5) is 2.29. The minimum absolute atomic E-state index is 0.0228. The molecule has 0 bridgehead atoms. The molecule has 0 amide bonds. The van der Waals surface area contributed by atoms with Crippen LogP contribution < -0.4 is 5.32 Å². The second-order valence-corrected chi connectivity index (χ2v) is 5.70. The lowest BCUT2D eigenvalue weighted by molar-refractivity contribution is 0.117. The Hall–Kier alpha value is -1.30. The Morgan fingerprint density at radius 3 is 2.90 bits per heavy atom. The number of hydrogen-bond donors (Lipinski definition) is 3. The Morgan fingerprint density at radius 2 is 2.24 bits per heavy atom. The SMILES string of the molecule is COCCN(CC1CCCN1)C(C)c1cc(O)ccc1O. The standard InChI is InChI=1S/C16H26N2O3/c1-12(15-10-14(19)5-6-16(15)20)18(8-9-21-2)11-13-4-3-7-17-13/h5-6,10,12-13,17,19-20H,3-4,7-9,11H2,1-2H3. The van der Waals surface area contributed by atoms with Crippen molar-refractivity contribution in [3.8, 4) is 11.5 Å². The molecule has 0 aromatic heterocycles. The number of phenols is 2. The third-order valence-corrected chi connectivity index (χ3v) is 4.21. The molecule has 5 nitrogen and oxygen atoms in total. The number of methoxy groups -OCH3 is 1. The van der Waals surface area contributed by atoms with Crippen LogP contribution in [-0.2, 0) is 4.74 Å². The maximum atomic E-state index is 10.1. The topological polar surface area (TPSA) is 65.0 Å². The van der Waals surface area contributed by atoms with Crippen LogP contribution >= 0.6 is 0 Å². The van der Waals surface area contributed by atoms with E-state index in [1.54, 1.807) is 19.2 Å². The average molecular weight is 294 g/mol. The van der Waals surface area contributed by atoms with E-state index in [0.29, 0.717) is 12.6 Å². The molecule has 118 valence electrons. The van der Waals surface area contributed by atoms with Crippen molar-refractivity contribution in [3.63, 3.8) is 0 Å². The Kier molecular flexibility index (Phi) is 5.85. The van der Waals surface area contributed by atoms with Crippen molar-refractivity contribution in [2.45, 2.75) is 31.8 Å². The average Bonchev–Trinajstić information content (AvgIpc) is 2.98. The summed E-state index contributed by atoms with van der Waals surface area (Å²) < 4.78 is 5.20. The molecule has 1 heterocycles. The lowest BCUT2D eigenvalue weighted by Gasteiger charge is -2.32. The van der Waals surface area contributed by atoms with Crippen LogP contribution in [0.1, 0.15) is 31.4 Å². The molecule has 2 atom stereocenters. The van der Waals surface area contributed by atoms with Gasteiger partial charge in [0.05, 0.1) is 6.61 Å². The quantitative estimate of drug-likeness (QED) is 0.670. The Balaban J connectivity index is 2.11. The molecular weight excluding hydrogens is 268 g/mol. The molecular formula is C16H26N2O3. The van der Waals surface area contributed by atoms with Crippen molar-refractivity contribution in [1.29, 1.82) is 0 Å². The second-order valence-electron chi connectivity index (χ2n) is 5.70. The highest BCUT2D eigenvalue weighted by Gasteiger charge is 2.23. The summed E-state index contributed by atoms with van der Waals surface area (Å²) >= 11 is 0. The van der Waals surface area contributed by atoms with Crippen LogP contribution in [0.3, 0.4) is 0 Å². The molecule has 21 heavy (non-hydrogen) atoms. The highest BCUT2D eigenvalue weighted by atomic mass is 16.5. The van der Waals surface area contributed by atoms with Gasteiger partial charge in [-0.1, -0.05) is 0 Å². The summed E-state index contributed by atoms with van der Waals surface area (Å²) in [5.74, 6) is 0.405. The van der Waals surface area contributed by atoms with Gasteiger partial charge in [0, 0.05) is 37.8 Å². The van der Waals surface area contributed by atoms with Crippen LogP contribution in [0.2, 0.25) is 0 Å². The highest BCUT2D eigenvalue weighted by molar-refractivity contribution is 5.40. The fourth-order valence-corrected chi connectivity index (χ4v) is 2.92. The first kappa shape index (κ1) is 16.1. The van der Waals surface area contributed by atoms with Gasteiger partial charge < -0.3 is 20.3 Å². The number of benzene rings is 1. The van der Waals surface area contributed by atoms with E-state index in [0.717, 1.165) is 25.2 Å². The summed E-state index contributed by atoms with van der Waals surface area (Å²) in [7, 11) is 1.70. The molecule has 3 N–H and O–H groups in total. The van der Waals surface area contributed by atoms with Gasteiger partial charge >= 0.3 is 0 Å². The van der Waals surface area contributed by atoms with Gasteiger partial charge in [0.2, 0.25) is 0 Å². The van der Waals surface area contributed by atoms with Gasteiger partial charge in [-0.3, -0.25) is 4.90 Å². The summed E-state index contributed by atoms with van der Waals surface area (Å²) in [6.07, 6.45) is 2.40. The number of hydrogen-bond acceptors (Lipinski definition) is 5. The van der Waals surface area contributed by atoms with Gasteiger partial charge in [-0.05, 0) is 44.5 Å². The Bertz CT molecular complexity index is 447. The molecule has 0 radical (unpaired) electrons. The molecule has 1 aromatic carbocycles. The zero-order chi connectivity index (χ0) is 15.2. The fourth-order valence-electron chi connectivity index (χ4n) is 2.92. The summed E-state index contributed by atoms with van der Waals surface area (Å²) in [5.41, 5.74) is 0.754. The molecule has 0 spiro atoms. The molecule has 1 fully saturated rings. The third kappa shape index (κ3) is 4.33. The Labute approximate surface area is 126 Å². The molecule has 1 aromatic rings. The lowest BCUT2D eigenvalue weighted by Crippen LogP contribution is -2.40. The van der Waals surface area contributed by atoms with Gasteiger partial charge in [-0.15, -0.1) is 0 Å². The largest absolute Gasteiger partial charge is 0.508 e. The van der Waals surface area contributed by atoms with Crippen molar-refractivity contribution >= 4 is 0 Å². The normalized spacial score (nSPS) is 20.0. The van der Waals surface area contributed by atoms with E-state index in [1.807, 2.05) is 0 Å². The van der Waals surface area contributed by atoms with E-state index in [9.17, 15) is 10.2 Å². The van der Waals surface area contributed by atoms with Crippen LogP contribution in [-0.4, -0.2) is 54.5 Å². The van der Waals surface area contributed by atoms with Crippen molar-refractivity contribution in [2.24, 2.45) is 0 Å². The summed E-state index contributed by atoms with van der Waals surface area (Å²) in [5, 5.41) is 23.2. The minimum atomic E-state index is 0.0228. The van der Waals surface area contributed by atoms with Crippen molar-refractivity contribution in [3.05, 3.63) is 23.8 Å². The number of nitrogens with one attached hydrogen (secondary N) is 1. The van der Waals surface area contributed by atoms with Gasteiger partial charge in [0.1, 0.15) is 11.5 Å². The molecule has 5 heteroatoms. The maximum absolute atomic E-state index is 10.1. The fraction of sp³-hybridized carbons (Fsp3) is 0.625. The zero-order valence-corrected chi connectivity index (χ0v) is 12.9. The first-order valence-corrected chi connectivity index (χ1v) is 7.60. The van der Waals surface area contributed by atoms with E-state index >= 15 is 0 Å². The lowest BCUT2D eigenvalue weighted by atomic mass is 10.0. The van der Waals surface area contributed by atoms with Gasteiger partial charge in [-0.2, -0.15) is 0 Å². The first-order valence-electron chi connectivity index (χ1n) is 7.60. The van der Waals surface area contributed by atoms with Crippen molar-refractivity contribution < 1.29 is 14.9 Å². The molecule has 0 aliphatic carbocycles.